The van der Waals surface area contributed by atoms with Crippen molar-refractivity contribution in [3.8, 4) is 5.88 Å². The van der Waals surface area contributed by atoms with Crippen LogP contribution < -0.4 is 4.74 Å². The van der Waals surface area contributed by atoms with Gasteiger partial charge >= 0.3 is 0 Å². The average Bonchev–Trinajstić information content (AvgIpc) is 2.13. The molecule has 0 saturated carbocycles. The molecule has 14 heavy (non-hydrogen) atoms. The summed E-state index contributed by atoms with van der Waals surface area (Å²) in [7, 11) is 2.12. The molecule has 1 aliphatic rings. The van der Waals surface area contributed by atoms with Crippen molar-refractivity contribution < 1.29 is 4.74 Å². The van der Waals surface area contributed by atoms with Crippen molar-refractivity contribution in [2.75, 3.05) is 26.7 Å². The second-order valence-corrected chi connectivity index (χ2v) is 4.96. The zero-order chi connectivity index (χ0) is 9.97. The smallest absolute Gasteiger partial charge is 0.213 e. The summed E-state index contributed by atoms with van der Waals surface area (Å²) in [4.78, 5) is 6.47. The molecule has 0 unspecified atom stereocenters. The van der Waals surface area contributed by atoms with E-state index >= 15 is 0 Å². The number of hydrogen-bond donors (Lipinski definition) is 0. The molecule has 1 aromatic heterocycles. The van der Waals surface area contributed by atoms with Crippen LogP contribution in [-0.2, 0) is 0 Å². The number of ether oxygens (including phenoxy) is 1. The highest BCUT2D eigenvalue weighted by molar-refractivity contribution is 14.1. The molecule has 1 saturated heterocycles. The van der Waals surface area contributed by atoms with Gasteiger partial charge in [0.25, 0.3) is 0 Å². The molecule has 0 amide bonds. The molecule has 0 bridgehead atoms. The maximum Gasteiger partial charge on any atom is 0.213 e. The summed E-state index contributed by atoms with van der Waals surface area (Å²) < 4.78 is 6.71. The largest absolute Gasteiger partial charge is 0.477 e. The van der Waals surface area contributed by atoms with Gasteiger partial charge < -0.3 is 9.64 Å². The van der Waals surface area contributed by atoms with Crippen molar-refractivity contribution in [3.63, 3.8) is 0 Å². The second kappa shape index (κ2) is 4.44. The fourth-order valence-electron chi connectivity index (χ4n) is 1.58. The van der Waals surface area contributed by atoms with Crippen molar-refractivity contribution in [1.82, 2.24) is 9.88 Å². The topological polar surface area (TPSA) is 25.4 Å². The Morgan fingerprint density at radius 1 is 1.57 bits per heavy atom. The predicted molar refractivity (Wildman–Crippen MR) is 63.4 cm³/mol. The zero-order valence-electron chi connectivity index (χ0n) is 8.11. The van der Waals surface area contributed by atoms with Gasteiger partial charge in [0.2, 0.25) is 5.88 Å². The van der Waals surface area contributed by atoms with E-state index in [2.05, 4.69) is 39.5 Å². The Kier molecular flexibility index (Phi) is 3.22. The Balaban J connectivity index is 1.78. The normalized spacial score (nSPS) is 17.9. The third-order valence-corrected chi connectivity index (χ3v) is 2.95. The van der Waals surface area contributed by atoms with Gasteiger partial charge in [-0.1, -0.05) is 0 Å². The molecule has 2 heterocycles. The molecule has 2 rings (SSSR count). The standard InChI is InChI=1S/C10H13IN2O/c1-13-5-8(6-13)7-14-10-3-2-9(11)4-12-10/h2-4,8H,5-7H2,1H3. The summed E-state index contributed by atoms with van der Waals surface area (Å²) in [6, 6.07) is 3.93. The Morgan fingerprint density at radius 3 is 2.93 bits per heavy atom. The number of nitrogens with zero attached hydrogens (tertiary/aromatic N) is 2. The number of aromatic nitrogens is 1. The molecule has 0 N–H and O–H groups in total. The van der Waals surface area contributed by atoms with E-state index in [1.807, 2.05) is 18.3 Å². The van der Waals surface area contributed by atoms with E-state index < -0.39 is 0 Å². The molecule has 1 aromatic rings. The number of halogens is 1. The van der Waals surface area contributed by atoms with Gasteiger partial charge in [0, 0.05) is 34.8 Å². The summed E-state index contributed by atoms with van der Waals surface area (Å²) in [5, 5.41) is 0. The zero-order valence-corrected chi connectivity index (χ0v) is 10.3. The van der Waals surface area contributed by atoms with Crippen LogP contribution in [0.25, 0.3) is 0 Å². The lowest BCUT2D eigenvalue weighted by Gasteiger charge is -2.35. The molecular weight excluding hydrogens is 291 g/mol. The molecule has 1 fully saturated rings. The molecular formula is C10H13IN2O. The van der Waals surface area contributed by atoms with Crippen LogP contribution >= 0.6 is 22.6 Å². The summed E-state index contributed by atoms with van der Waals surface area (Å²) in [6.45, 7) is 3.08. The predicted octanol–water partition coefficient (Wildman–Crippen LogP) is 1.63. The minimum absolute atomic E-state index is 0.682. The van der Waals surface area contributed by atoms with Crippen molar-refractivity contribution in [2.45, 2.75) is 0 Å². The molecule has 1 aliphatic heterocycles. The van der Waals surface area contributed by atoms with Crippen LogP contribution in [-0.4, -0.2) is 36.6 Å². The summed E-state index contributed by atoms with van der Waals surface area (Å²) in [5.41, 5.74) is 0. The van der Waals surface area contributed by atoms with Crippen LogP contribution in [0.15, 0.2) is 18.3 Å². The Labute approximate surface area is 97.6 Å². The molecule has 0 aliphatic carbocycles. The highest BCUT2D eigenvalue weighted by Gasteiger charge is 2.23. The van der Waals surface area contributed by atoms with E-state index in [0.29, 0.717) is 5.92 Å². The highest BCUT2D eigenvalue weighted by Crippen LogP contribution is 2.15. The summed E-state index contributed by atoms with van der Waals surface area (Å²) >= 11 is 2.23. The lowest BCUT2D eigenvalue weighted by atomic mass is 10.0. The first-order chi connectivity index (χ1) is 6.74. The highest BCUT2D eigenvalue weighted by atomic mass is 127. The SMILES string of the molecule is CN1CC(COc2ccc(I)cn2)C1. The van der Waals surface area contributed by atoms with Gasteiger partial charge in [0.1, 0.15) is 0 Å². The van der Waals surface area contributed by atoms with Gasteiger partial charge in [-0.25, -0.2) is 4.98 Å². The maximum absolute atomic E-state index is 5.57. The van der Waals surface area contributed by atoms with Crippen LogP contribution in [0.2, 0.25) is 0 Å². The summed E-state index contributed by atoms with van der Waals surface area (Å²) in [6.07, 6.45) is 1.82. The van der Waals surface area contributed by atoms with Gasteiger partial charge in [-0.15, -0.1) is 0 Å². The first-order valence-corrected chi connectivity index (χ1v) is 5.75. The van der Waals surface area contributed by atoms with Crippen molar-refractivity contribution in [2.24, 2.45) is 5.92 Å². The summed E-state index contributed by atoms with van der Waals surface area (Å²) in [5.74, 6) is 1.42. The molecule has 0 radical (unpaired) electrons. The number of likely N-dealkylation sites (tertiary alicyclic amines) is 1. The maximum atomic E-state index is 5.57. The third kappa shape index (κ3) is 2.57. The molecule has 3 nitrogen and oxygen atoms in total. The molecule has 0 aromatic carbocycles. The lowest BCUT2D eigenvalue weighted by molar-refractivity contribution is 0.0839. The Bertz CT molecular complexity index is 295. The van der Waals surface area contributed by atoms with Crippen molar-refractivity contribution in [3.05, 3.63) is 21.9 Å². The minimum atomic E-state index is 0.682. The molecule has 4 heteroatoms. The monoisotopic (exact) mass is 304 g/mol. The first kappa shape index (κ1) is 10.2. The van der Waals surface area contributed by atoms with E-state index in [9.17, 15) is 0 Å². The van der Waals surface area contributed by atoms with E-state index in [4.69, 9.17) is 4.74 Å². The van der Waals surface area contributed by atoms with Crippen LogP contribution in [0, 0.1) is 9.49 Å². The minimum Gasteiger partial charge on any atom is -0.477 e. The molecule has 0 spiro atoms. The van der Waals surface area contributed by atoms with E-state index in [-0.39, 0.29) is 0 Å². The van der Waals surface area contributed by atoms with Crippen molar-refractivity contribution in [1.29, 1.82) is 0 Å². The van der Waals surface area contributed by atoms with E-state index in [1.165, 1.54) is 0 Å². The number of hydrogen-bond acceptors (Lipinski definition) is 3. The third-order valence-electron chi connectivity index (χ3n) is 2.31. The molecule has 76 valence electrons. The van der Waals surface area contributed by atoms with E-state index in [1.54, 1.807) is 0 Å². The Hall–Kier alpha value is -0.360. The van der Waals surface area contributed by atoms with Gasteiger partial charge in [0.05, 0.1) is 6.61 Å². The quantitative estimate of drug-likeness (QED) is 0.794. The fraction of sp³-hybridized carbons (Fsp3) is 0.500. The first-order valence-electron chi connectivity index (χ1n) is 4.67. The van der Waals surface area contributed by atoms with Crippen LogP contribution in [0.3, 0.4) is 0 Å². The molecule has 0 atom stereocenters. The van der Waals surface area contributed by atoms with Crippen LogP contribution in [0.5, 0.6) is 5.88 Å². The Morgan fingerprint density at radius 2 is 2.36 bits per heavy atom. The average molecular weight is 304 g/mol. The number of rotatable bonds is 3. The van der Waals surface area contributed by atoms with Crippen LogP contribution in [0.1, 0.15) is 0 Å². The van der Waals surface area contributed by atoms with Crippen molar-refractivity contribution >= 4 is 22.6 Å². The lowest BCUT2D eigenvalue weighted by Crippen LogP contribution is -2.46. The number of pyridine rings is 1. The van der Waals surface area contributed by atoms with Gasteiger partial charge in [0.15, 0.2) is 0 Å². The van der Waals surface area contributed by atoms with Gasteiger partial charge in [-0.2, -0.15) is 0 Å². The van der Waals surface area contributed by atoms with Gasteiger partial charge in [-0.3, -0.25) is 0 Å². The fourth-order valence-corrected chi connectivity index (χ4v) is 1.90. The van der Waals surface area contributed by atoms with Crippen LogP contribution in [0.4, 0.5) is 0 Å². The van der Waals surface area contributed by atoms with Gasteiger partial charge in [-0.05, 0) is 35.7 Å². The second-order valence-electron chi connectivity index (χ2n) is 3.71. The van der Waals surface area contributed by atoms with E-state index in [0.717, 1.165) is 29.1 Å².